The smallest absolute Gasteiger partial charge is 0.208 e. The minimum absolute atomic E-state index is 0.460. The lowest BCUT2D eigenvalue weighted by Gasteiger charge is -2.41. The summed E-state index contributed by atoms with van der Waals surface area (Å²) in [6, 6.07) is 6.61. The van der Waals surface area contributed by atoms with Crippen LogP contribution in [0.1, 0.15) is 50.3 Å². The highest BCUT2D eigenvalue weighted by Crippen LogP contribution is 2.42. The van der Waals surface area contributed by atoms with Crippen molar-refractivity contribution < 1.29 is 9.84 Å². The fraction of sp³-hybridized carbons (Fsp3) is 0.526. The maximum absolute atomic E-state index is 10.9. The van der Waals surface area contributed by atoms with Crippen molar-refractivity contribution in [2.75, 3.05) is 13.1 Å². The van der Waals surface area contributed by atoms with E-state index in [1.807, 2.05) is 11.1 Å². The quantitative estimate of drug-likeness (QED) is 0.346. The molecule has 0 spiro atoms. The van der Waals surface area contributed by atoms with E-state index >= 15 is 0 Å². The molecule has 1 fully saturated rings. The number of piperidine rings is 1. The molecule has 3 rings (SSSR count). The zero-order chi connectivity index (χ0) is 18.7. The highest BCUT2D eigenvalue weighted by Gasteiger charge is 2.43. The summed E-state index contributed by atoms with van der Waals surface area (Å²) < 4.78 is 5.92. The minimum atomic E-state index is -0.913. The zero-order valence-electron chi connectivity index (χ0n) is 15.1. The van der Waals surface area contributed by atoms with E-state index in [1.165, 1.54) is 0 Å². The molecular formula is C19H23N5O2. The van der Waals surface area contributed by atoms with Gasteiger partial charge in [-0.25, -0.2) is 4.99 Å². The van der Waals surface area contributed by atoms with Crippen LogP contribution in [0.2, 0.25) is 0 Å². The number of likely N-dealkylation sites (tertiary alicyclic amines) is 1. The van der Waals surface area contributed by atoms with E-state index in [0.717, 1.165) is 32.4 Å². The topological polar surface area (TPSA) is 105 Å². The molecule has 0 aromatic heterocycles. The second-order valence-electron chi connectivity index (χ2n) is 7.20. The van der Waals surface area contributed by atoms with Crippen LogP contribution in [-0.4, -0.2) is 40.8 Å². The van der Waals surface area contributed by atoms with Crippen molar-refractivity contribution in [1.29, 1.82) is 10.5 Å². The second kappa shape index (κ2) is 7.23. The number of rotatable bonds is 1. The van der Waals surface area contributed by atoms with Crippen molar-refractivity contribution in [3.05, 3.63) is 29.3 Å². The summed E-state index contributed by atoms with van der Waals surface area (Å²) in [6.07, 6.45) is 4.29. The summed E-state index contributed by atoms with van der Waals surface area (Å²) in [6.45, 7) is 5.25. The van der Waals surface area contributed by atoms with Crippen LogP contribution in [0.15, 0.2) is 23.2 Å². The first-order chi connectivity index (χ1) is 12.5. The molecule has 2 aliphatic rings. The first-order valence-corrected chi connectivity index (χ1v) is 8.85. The third-order valence-corrected chi connectivity index (χ3v) is 4.93. The third kappa shape index (κ3) is 3.44. The Labute approximate surface area is 153 Å². The maximum Gasteiger partial charge on any atom is 0.208 e. The van der Waals surface area contributed by atoms with Gasteiger partial charge in [0.2, 0.25) is 5.96 Å². The molecule has 2 N–H and O–H groups in total. The molecule has 1 aromatic rings. The molecule has 7 nitrogen and oxygen atoms in total. The van der Waals surface area contributed by atoms with E-state index < -0.39 is 17.7 Å². The number of aliphatic hydroxyl groups is 1. The van der Waals surface area contributed by atoms with Gasteiger partial charge in [-0.05, 0) is 51.3 Å². The number of benzene rings is 1. The van der Waals surface area contributed by atoms with Crippen LogP contribution in [0.4, 0.5) is 0 Å². The number of hydrogen-bond donors (Lipinski definition) is 2. The van der Waals surface area contributed by atoms with E-state index in [9.17, 15) is 10.4 Å². The van der Waals surface area contributed by atoms with Crippen LogP contribution >= 0.6 is 0 Å². The van der Waals surface area contributed by atoms with Crippen molar-refractivity contribution in [2.45, 2.75) is 50.9 Å². The first-order valence-electron chi connectivity index (χ1n) is 8.85. The van der Waals surface area contributed by atoms with E-state index in [-0.39, 0.29) is 0 Å². The van der Waals surface area contributed by atoms with Gasteiger partial charge in [0.15, 0.2) is 6.19 Å². The van der Waals surface area contributed by atoms with Gasteiger partial charge in [0.25, 0.3) is 0 Å². The molecule has 0 aliphatic carbocycles. The minimum Gasteiger partial charge on any atom is -0.485 e. The highest BCUT2D eigenvalue weighted by atomic mass is 16.5. The summed E-state index contributed by atoms with van der Waals surface area (Å²) in [5.74, 6) is 1.06. The number of aliphatic hydroxyl groups excluding tert-OH is 1. The Morgan fingerprint density at radius 2 is 2.04 bits per heavy atom. The lowest BCUT2D eigenvalue weighted by molar-refractivity contribution is -0.0569. The molecule has 7 heteroatoms. The van der Waals surface area contributed by atoms with E-state index in [2.05, 4.69) is 11.4 Å². The van der Waals surface area contributed by atoms with Crippen LogP contribution in [0, 0.1) is 22.8 Å². The number of guanidine groups is 1. The average Bonchev–Trinajstić information content (AvgIpc) is 2.65. The molecule has 0 amide bonds. The molecule has 0 unspecified atom stereocenters. The van der Waals surface area contributed by atoms with Crippen LogP contribution < -0.4 is 10.1 Å². The van der Waals surface area contributed by atoms with Crippen LogP contribution in [-0.2, 0) is 0 Å². The number of nitrogens with zero attached hydrogens (tertiary/aromatic N) is 4. The maximum atomic E-state index is 10.9. The van der Waals surface area contributed by atoms with Crippen molar-refractivity contribution in [2.24, 2.45) is 4.99 Å². The van der Waals surface area contributed by atoms with Crippen molar-refractivity contribution in [3.63, 3.8) is 0 Å². The van der Waals surface area contributed by atoms with Crippen molar-refractivity contribution in [1.82, 2.24) is 10.2 Å². The van der Waals surface area contributed by atoms with Crippen molar-refractivity contribution in [3.8, 4) is 18.0 Å². The summed E-state index contributed by atoms with van der Waals surface area (Å²) in [5, 5.41) is 31.9. The fourth-order valence-electron chi connectivity index (χ4n) is 3.46. The molecule has 0 saturated carbocycles. The van der Waals surface area contributed by atoms with E-state index in [1.54, 1.807) is 32.0 Å². The average molecular weight is 353 g/mol. The number of nitriles is 2. The van der Waals surface area contributed by atoms with Gasteiger partial charge in [-0.1, -0.05) is 0 Å². The van der Waals surface area contributed by atoms with Gasteiger partial charge in [0, 0.05) is 18.7 Å². The highest BCUT2D eigenvalue weighted by molar-refractivity contribution is 5.82. The Bertz CT molecular complexity index is 784. The normalized spacial score (nSPS) is 24.7. The van der Waals surface area contributed by atoms with E-state index in [0.29, 0.717) is 22.8 Å². The van der Waals surface area contributed by atoms with Crippen LogP contribution in [0.3, 0.4) is 0 Å². The molecule has 2 atom stereocenters. The molecule has 0 bridgehead atoms. The lowest BCUT2D eigenvalue weighted by atomic mass is 9.86. The standard InChI is InChI=1S/C19H23N5O2/c1-19(2)17(25)16(14-10-13(11-20)6-7-15(14)26-19)23-18(22-12-21)24-8-4-3-5-9-24/h6-7,10,16-17,25H,3-5,8-9H2,1-2H3,(H,22,23)/t16-,17+/m0/s1. The molecule has 1 saturated heterocycles. The van der Waals surface area contributed by atoms with Gasteiger partial charge in [-0.2, -0.15) is 10.5 Å². The summed E-state index contributed by atoms with van der Waals surface area (Å²) in [7, 11) is 0. The number of fused-ring (bicyclic) bond motifs is 1. The molecular weight excluding hydrogens is 330 g/mol. The van der Waals surface area contributed by atoms with Gasteiger partial charge >= 0.3 is 0 Å². The largest absolute Gasteiger partial charge is 0.485 e. The number of ether oxygens (including phenoxy) is 1. The predicted molar refractivity (Wildman–Crippen MR) is 96.2 cm³/mol. The molecule has 2 heterocycles. The van der Waals surface area contributed by atoms with Crippen molar-refractivity contribution >= 4 is 5.96 Å². The Morgan fingerprint density at radius 3 is 2.69 bits per heavy atom. The van der Waals surface area contributed by atoms with Gasteiger partial charge in [-0.15, -0.1) is 0 Å². The number of nitrogens with one attached hydrogen (secondary N) is 1. The van der Waals surface area contributed by atoms with Gasteiger partial charge < -0.3 is 14.7 Å². The number of aliphatic imine (C=N–C) groups is 1. The predicted octanol–water partition coefficient (Wildman–Crippen LogP) is 2.04. The first kappa shape index (κ1) is 18.0. The lowest BCUT2D eigenvalue weighted by Crippen LogP contribution is -2.50. The molecule has 136 valence electrons. The summed E-state index contributed by atoms with van der Waals surface area (Å²) >= 11 is 0. The Balaban J connectivity index is 2.05. The van der Waals surface area contributed by atoms with Gasteiger partial charge in [-0.3, -0.25) is 5.32 Å². The van der Waals surface area contributed by atoms with Crippen LogP contribution in [0.25, 0.3) is 0 Å². The zero-order valence-corrected chi connectivity index (χ0v) is 15.1. The Morgan fingerprint density at radius 1 is 1.31 bits per heavy atom. The molecule has 1 aromatic carbocycles. The van der Waals surface area contributed by atoms with Gasteiger partial charge in [0.05, 0.1) is 11.6 Å². The Kier molecular flexibility index (Phi) is 5.01. The Hall–Kier alpha value is -2.77. The second-order valence-corrected chi connectivity index (χ2v) is 7.20. The van der Waals surface area contributed by atoms with Crippen LogP contribution in [0.5, 0.6) is 5.75 Å². The number of hydrogen-bond acceptors (Lipinski definition) is 5. The van der Waals surface area contributed by atoms with E-state index in [4.69, 9.17) is 15.0 Å². The summed E-state index contributed by atoms with van der Waals surface area (Å²) in [5.41, 5.74) is 0.298. The monoisotopic (exact) mass is 353 g/mol. The van der Waals surface area contributed by atoms with Gasteiger partial charge in [0.1, 0.15) is 23.5 Å². The third-order valence-electron chi connectivity index (χ3n) is 4.93. The summed E-state index contributed by atoms with van der Waals surface area (Å²) in [4.78, 5) is 6.75. The molecule has 0 radical (unpaired) electrons. The fourth-order valence-corrected chi connectivity index (χ4v) is 3.46. The molecule has 26 heavy (non-hydrogen) atoms. The SMILES string of the molecule is CC1(C)Oc2ccc(C#N)cc2[C@H](N=C(NC#N)N2CCCCC2)[C@H]1O. The molecule has 2 aliphatic heterocycles.